The first-order valence-corrected chi connectivity index (χ1v) is 8.78. The van der Waals surface area contributed by atoms with E-state index in [0.29, 0.717) is 23.5 Å². The third-order valence-corrected chi connectivity index (χ3v) is 4.05. The maximum Gasteiger partial charge on any atom is 0.349 e. The van der Waals surface area contributed by atoms with Gasteiger partial charge in [-0.25, -0.2) is 4.79 Å². The van der Waals surface area contributed by atoms with Crippen LogP contribution in [0.25, 0.3) is 11.1 Å². The zero-order chi connectivity index (χ0) is 19.1. The molecule has 0 heterocycles. The van der Waals surface area contributed by atoms with Gasteiger partial charge >= 0.3 is 5.97 Å². The van der Waals surface area contributed by atoms with Crippen LogP contribution in [0.4, 0.5) is 0 Å². The third kappa shape index (κ3) is 5.05. The topological polar surface area (TPSA) is 52.6 Å². The van der Waals surface area contributed by atoms with Gasteiger partial charge in [-0.05, 0) is 47.5 Å². The fraction of sp³-hybridized carbons (Fsp3) is 0.130. The molecule has 0 amide bonds. The number of ether oxygens (including phenoxy) is 2. The van der Waals surface area contributed by atoms with Crippen molar-refractivity contribution >= 4 is 11.8 Å². The van der Waals surface area contributed by atoms with Gasteiger partial charge in [0.2, 0.25) is 0 Å². The first kappa shape index (κ1) is 18.4. The number of benzene rings is 3. The minimum atomic E-state index is -0.503. The van der Waals surface area contributed by atoms with Crippen molar-refractivity contribution in [3.63, 3.8) is 0 Å². The molecule has 0 aliphatic rings. The minimum Gasteiger partial charge on any atom is -0.482 e. The molecular weight excluding hydrogens is 340 g/mol. The summed E-state index contributed by atoms with van der Waals surface area (Å²) in [6, 6.07) is 24.1. The molecule has 4 heteroatoms. The summed E-state index contributed by atoms with van der Waals surface area (Å²) in [4.78, 5) is 23.5. The van der Waals surface area contributed by atoms with E-state index in [2.05, 4.69) is 0 Å². The number of carbonyl (C=O) groups excluding carboxylic acids is 2. The first-order valence-electron chi connectivity index (χ1n) is 8.78. The van der Waals surface area contributed by atoms with Crippen molar-refractivity contribution in [3.8, 4) is 22.6 Å². The second kappa shape index (κ2) is 8.81. The Morgan fingerprint density at radius 3 is 1.96 bits per heavy atom. The Kier molecular flexibility index (Phi) is 6.00. The summed E-state index contributed by atoms with van der Waals surface area (Å²) in [6.07, 6.45) is 0.441. The molecule has 0 bridgehead atoms. The van der Waals surface area contributed by atoms with Crippen molar-refractivity contribution in [1.82, 2.24) is 0 Å². The third-order valence-electron chi connectivity index (χ3n) is 4.05. The molecule has 3 aromatic carbocycles. The average Bonchev–Trinajstić information content (AvgIpc) is 2.73. The van der Waals surface area contributed by atoms with Crippen molar-refractivity contribution in [2.45, 2.75) is 13.3 Å². The van der Waals surface area contributed by atoms with Crippen LogP contribution in [-0.4, -0.2) is 18.4 Å². The molecule has 0 radical (unpaired) electrons. The highest BCUT2D eigenvalue weighted by Crippen LogP contribution is 2.22. The van der Waals surface area contributed by atoms with Gasteiger partial charge in [0.05, 0.1) is 0 Å². The van der Waals surface area contributed by atoms with Gasteiger partial charge in [-0.2, -0.15) is 0 Å². The van der Waals surface area contributed by atoms with Gasteiger partial charge in [0.25, 0.3) is 0 Å². The number of hydrogen-bond acceptors (Lipinski definition) is 4. The second-order valence-electron chi connectivity index (χ2n) is 5.95. The van der Waals surface area contributed by atoms with Crippen molar-refractivity contribution in [3.05, 3.63) is 84.4 Å². The highest BCUT2D eigenvalue weighted by molar-refractivity contribution is 5.95. The molecule has 27 heavy (non-hydrogen) atoms. The zero-order valence-electron chi connectivity index (χ0n) is 15.1. The lowest BCUT2D eigenvalue weighted by Crippen LogP contribution is -2.17. The lowest BCUT2D eigenvalue weighted by atomic mass is 10.1. The van der Waals surface area contributed by atoms with E-state index in [-0.39, 0.29) is 12.4 Å². The van der Waals surface area contributed by atoms with Gasteiger partial charge in [0, 0.05) is 12.0 Å². The lowest BCUT2D eigenvalue weighted by molar-refractivity contribution is -0.136. The van der Waals surface area contributed by atoms with Crippen molar-refractivity contribution in [2.75, 3.05) is 6.61 Å². The molecule has 3 aromatic rings. The van der Waals surface area contributed by atoms with Crippen LogP contribution in [0.5, 0.6) is 11.5 Å². The van der Waals surface area contributed by atoms with Gasteiger partial charge in [-0.1, -0.05) is 49.4 Å². The van der Waals surface area contributed by atoms with E-state index in [1.54, 1.807) is 31.2 Å². The molecular formula is C23H20O4. The van der Waals surface area contributed by atoms with Crippen LogP contribution in [0.3, 0.4) is 0 Å². The predicted octanol–water partition coefficient (Wildman–Crippen LogP) is 4.93. The van der Waals surface area contributed by atoms with Crippen LogP contribution in [0.15, 0.2) is 78.9 Å². The van der Waals surface area contributed by atoms with Gasteiger partial charge in [-0.15, -0.1) is 0 Å². The van der Waals surface area contributed by atoms with Gasteiger partial charge < -0.3 is 9.47 Å². The van der Waals surface area contributed by atoms with E-state index in [0.717, 1.165) is 11.1 Å². The zero-order valence-corrected chi connectivity index (χ0v) is 15.1. The average molecular weight is 360 g/mol. The summed E-state index contributed by atoms with van der Waals surface area (Å²) in [7, 11) is 0. The highest BCUT2D eigenvalue weighted by atomic mass is 16.6. The maximum atomic E-state index is 11.9. The van der Waals surface area contributed by atoms with E-state index in [1.165, 1.54) is 0 Å². The number of Topliss-reactive ketones (excluding diaryl/α,β-unsaturated/α-hetero) is 1. The molecule has 0 saturated heterocycles. The molecule has 4 nitrogen and oxygen atoms in total. The van der Waals surface area contributed by atoms with E-state index in [9.17, 15) is 9.59 Å². The number of hydrogen-bond donors (Lipinski definition) is 0. The van der Waals surface area contributed by atoms with Crippen LogP contribution in [0.2, 0.25) is 0 Å². The normalized spacial score (nSPS) is 10.3. The predicted molar refractivity (Wildman–Crippen MR) is 104 cm³/mol. The summed E-state index contributed by atoms with van der Waals surface area (Å²) < 4.78 is 10.7. The Balaban J connectivity index is 1.52. The Hall–Kier alpha value is -3.40. The minimum absolute atomic E-state index is 0.0511. The molecule has 0 saturated carbocycles. The molecule has 0 atom stereocenters. The standard InChI is InChI=1S/C23H20O4/c1-2-22(24)19-10-14-21(15-11-19)27-23(25)16-26-20-12-8-18(9-13-20)17-6-4-3-5-7-17/h3-15H,2,16H2,1H3. The quantitative estimate of drug-likeness (QED) is 0.340. The molecule has 0 aliphatic heterocycles. The van der Waals surface area contributed by atoms with E-state index in [4.69, 9.17) is 9.47 Å². The number of ketones is 1. The summed E-state index contributed by atoms with van der Waals surface area (Å²) in [5, 5.41) is 0. The molecule has 0 aromatic heterocycles. The van der Waals surface area contributed by atoms with E-state index in [1.807, 2.05) is 54.6 Å². The van der Waals surface area contributed by atoms with Crippen LogP contribution in [0, 0.1) is 0 Å². The molecule has 0 N–H and O–H groups in total. The van der Waals surface area contributed by atoms with Crippen LogP contribution in [0.1, 0.15) is 23.7 Å². The summed E-state index contributed by atoms with van der Waals surface area (Å²) in [5.41, 5.74) is 2.80. The largest absolute Gasteiger partial charge is 0.482 e. The Morgan fingerprint density at radius 1 is 0.741 bits per heavy atom. The number of esters is 1. The molecule has 0 unspecified atom stereocenters. The second-order valence-corrected chi connectivity index (χ2v) is 5.95. The Bertz CT molecular complexity index is 897. The summed E-state index contributed by atoms with van der Waals surface area (Å²) in [5.74, 6) is 0.526. The van der Waals surface area contributed by atoms with Gasteiger partial charge in [0.1, 0.15) is 11.5 Å². The smallest absolute Gasteiger partial charge is 0.349 e. The van der Waals surface area contributed by atoms with E-state index >= 15 is 0 Å². The van der Waals surface area contributed by atoms with E-state index < -0.39 is 5.97 Å². The molecule has 0 fully saturated rings. The number of rotatable bonds is 7. The maximum absolute atomic E-state index is 11.9. The number of carbonyl (C=O) groups is 2. The molecule has 0 spiro atoms. The molecule has 136 valence electrons. The first-order chi connectivity index (χ1) is 13.2. The van der Waals surface area contributed by atoms with Crippen LogP contribution < -0.4 is 9.47 Å². The summed E-state index contributed by atoms with van der Waals surface area (Å²) >= 11 is 0. The van der Waals surface area contributed by atoms with Crippen LogP contribution in [-0.2, 0) is 4.79 Å². The lowest BCUT2D eigenvalue weighted by Gasteiger charge is -2.08. The SMILES string of the molecule is CCC(=O)c1ccc(OC(=O)COc2ccc(-c3ccccc3)cc2)cc1. The van der Waals surface area contributed by atoms with Gasteiger partial charge in [0.15, 0.2) is 12.4 Å². The van der Waals surface area contributed by atoms with Crippen molar-refractivity contribution < 1.29 is 19.1 Å². The fourth-order valence-electron chi connectivity index (χ4n) is 2.59. The highest BCUT2D eigenvalue weighted by Gasteiger charge is 2.08. The Labute approximate surface area is 158 Å². The Morgan fingerprint density at radius 2 is 1.33 bits per heavy atom. The fourth-order valence-corrected chi connectivity index (χ4v) is 2.59. The monoisotopic (exact) mass is 360 g/mol. The van der Waals surface area contributed by atoms with Gasteiger partial charge in [-0.3, -0.25) is 4.79 Å². The van der Waals surface area contributed by atoms with Crippen molar-refractivity contribution in [1.29, 1.82) is 0 Å². The molecule has 3 rings (SSSR count). The summed E-state index contributed by atoms with van der Waals surface area (Å²) in [6.45, 7) is 1.61. The van der Waals surface area contributed by atoms with Crippen molar-refractivity contribution in [2.24, 2.45) is 0 Å². The van der Waals surface area contributed by atoms with Crippen LogP contribution >= 0.6 is 0 Å². The molecule has 0 aliphatic carbocycles.